The van der Waals surface area contributed by atoms with E-state index in [0.717, 1.165) is 11.3 Å². The van der Waals surface area contributed by atoms with Crippen molar-refractivity contribution < 1.29 is 14.3 Å². The molecule has 45 heavy (non-hydrogen) atoms. The van der Waals surface area contributed by atoms with Gasteiger partial charge in [-0.15, -0.1) is 0 Å². The van der Waals surface area contributed by atoms with E-state index >= 15 is 0 Å². The molecule has 12 heteroatoms. The van der Waals surface area contributed by atoms with Crippen LogP contribution >= 0.6 is 11.6 Å². The van der Waals surface area contributed by atoms with Gasteiger partial charge in [-0.3, -0.25) is 14.3 Å². The first-order chi connectivity index (χ1) is 21.3. The maximum Gasteiger partial charge on any atom is 0.410 e. The molecule has 0 N–H and O–H groups in total. The van der Waals surface area contributed by atoms with Gasteiger partial charge in [0.2, 0.25) is 0 Å². The number of aryl methyl sites for hydroxylation is 2. The zero-order valence-corrected chi connectivity index (χ0v) is 27.3. The van der Waals surface area contributed by atoms with E-state index in [1.54, 1.807) is 47.1 Å². The van der Waals surface area contributed by atoms with Crippen molar-refractivity contribution in [2.75, 3.05) is 31.1 Å². The number of fused-ring (bicyclic) bond motifs is 2. The molecule has 5 heterocycles. The lowest BCUT2D eigenvalue weighted by molar-refractivity contribution is 0.0202. The van der Waals surface area contributed by atoms with Gasteiger partial charge in [-0.05, 0) is 63.4 Å². The quantitative estimate of drug-likeness (QED) is 0.309. The molecule has 0 aliphatic carbocycles. The summed E-state index contributed by atoms with van der Waals surface area (Å²) in [7, 11) is 1.67. The molecule has 1 saturated heterocycles. The number of nitrogens with zero attached hydrogens (tertiary/aromatic N) is 6. The van der Waals surface area contributed by atoms with Crippen molar-refractivity contribution in [2.45, 2.75) is 59.1 Å². The minimum absolute atomic E-state index is 0.00595. The topological polar surface area (TPSA) is 112 Å². The molecule has 0 radical (unpaired) electrons. The first kappa shape index (κ1) is 30.6. The van der Waals surface area contributed by atoms with Crippen molar-refractivity contribution in [2.24, 2.45) is 7.05 Å². The summed E-state index contributed by atoms with van der Waals surface area (Å²) in [6, 6.07) is 6.79. The van der Waals surface area contributed by atoms with Crippen molar-refractivity contribution >= 4 is 34.4 Å². The highest BCUT2D eigenvalue weighted by atomic mass is 35.5. The number of aromatic nitrogens is 4. The average molecular weight is 633 g/mol. The number of amides is 1. The standard InChI is InChI=1S/C33H37ClN6O5/c1-18(2)26-27(19(3)10-11-35-26)40-23-15-22(21-9-8-12-37(7)30(21)41)25(34)28-24(23)29(36-31(40)42)39-14-13-38(16-20(39)17-44-28)32(43)45-33(4,5)6/h8-12,15,18,20H,13-14,16-17H2,1-7H3/t20-/m1/s1. The van der Waals surface area contributed by atoms with Crippen LogP contribution in [-0.4, -0.2) is 68.0 Å². The predicted molar refractivity (Wildman–Crippen MR) is 174 cm³/mol. The van der Waals surface area contributed by atoms with Gasteiger partial charge in [0.15, 0.2) is 5.75 Å². The van der Waals surface area contributed by atoms with Gasteiger partial charge >= 0.3 is 11.8 Å². The molecule has 1 fully saturated rings. The Balaban J connectivity index is 1.62. The van der Waals surface area contributed by atoms with Gasteiger partial charge < -0.3 is 23.8 Å². The third kappa shape index (κ3) is 5.32. The summed E-state index contributed by atoms with van der Waals surface area (Å²) in [5.74, 6) is 0.762. The average Bonchev–Trinajstić information content (AvgIpc) is 3.13. The van der Waals surface area contributed by atoms with Crippen molar-refractivity contribution in [1.82, 2.24) is 24.0 Å². The summed E-state index contributed by atoms with van der Waals surface area (Å²) >= 11 is 7.12. The van der Waals surface area contributed by atoms with Crippen LogP contribution in [0.4, 0.5) is 10.6 Å². The van der Waals surface area contributed by atoms with Crippen LogP contribution in [0.25, 0.3) is 27.7 Å². The zero-order chi connectivity index (χ0) is 32.4. The lowest BCUT2D eigenvalue weighted by Gasteiger charge is -2.41. The molecule has 0 spiro atoms. The second-order valence-corrected chi connectivity index (χ2v) is 13.3. The Hall–Kier alpha value is -4.38. The van der Waals surface area contributed by atoms with Crippen molar-refractivity contribution in [3.8, 4) is 22.6 Å². The largest absolute Gasteiger partial charge is 0.489 e. The summed E-state index contributed by atoms with van der Waals surface area (Å²) in [6.07, 6.45) is 2.99. The Labute approximate surface area is 266 Å². The van der Waals surface area contributed by atoms with Crippen LogP contribution in [-0.2, 0) is 11.8 Å². The minimum atomic E-state index is -0.639. The maximum absolute atomic E-state index is 14.2. The van der Waals surface area contributed by atoms with E-state index in [9.17, 15) is 14.4 Å². The minimum Gasteiger partial charge on any atom is -0.489 e. The first-order valence-electron chi connectivity index (χ1n) is 15.0. The predicted octanol–water partition coefficient (Wildman–Crippen LogP) is 5.05. The molecule has 11 nitrogen and oxygen atoms in total. The zero-order valence-electron chi connectivity index (χ0n) is 26.5. The molecule has 1 aromatic carbocycles. The number of ether oxygens (including phenoxy) is 2. The Morgan fingerprint density at radius 1 is 1.16 bits per heavy atom. The van der Waals surface area contributed by atoms with E-state index in [4.69, 9.17) is 21.1 Å². The molecule has 0 unspecified atom stereocenters. The molecule has 1 amide bonds. The number of halogens is 1. The van der Waals surface area contributed by atoms with Crippen LogP contribution in [0, 0.1) is 6.92 Å². The summed E-state index contributed by atoms with van der Waals surface area (Å²) < 4.78 is 15.2. The fourth-order valence-electron chi connectivity index (χ4n) is 6.10. The normalized spacial score (nSPS) is 16.4. The van der Waals surface area contributed by atoms with Crippen LogP contribution in [0.1, 0.15) is 51.8 Å². The van der Waals surface area contributed by atoms with E-state index in [-0.39, 0.29) is 29.1 Å². The number of hydrogen-bond acceptors (Lipinski definition) is 8. The van der Waals surface area contributed by atoms with E-state index in [0.29, 0.717) is 58.9 Å². The van der Waals surface area contributed by atoms with E-state index in [1.165, 1.54) is 4.57 Å². The van der Waals surface area contributed by atoms with Crippen LogP contribution in [0.2, 0.25) is 5.02 Å². The van der Waals surface area contributed by atoms with Crippen LogP contribution < -0.4 is 20.9 Å². The molecule has 2 aliphatic rings. The molecule has 0 saturated carbocycles. The highest BCUT2D eigenvalue weighted by Crippen LogP contribution is 2.46. The fourth-order valence-corrected chi connectivity index (χ4v) is 6.41. The van der Waals surface area contributed by atoms with Gasteiger partial charge in [-0.1, -0.05) is 25.4 Å². The Kier molecular flexibility index (Phi) is 7.63. The van der Waals surface area contributed by atoms with Crippen LogP contribution in [0.5, 0.6) is 5.75 Å². The SMILES string of the molecule is Cc1ccnc(C(C)C)c1-n1c(=O)nc2c3c(c(Cl)c(-c4cccn(C)c4=O)cc31)OC[C@H]1CN(C(=O)OC(C)(C)C)CCN21. The number of benzene rings is 1. The first-order valence-corrected chi connectivity index (χ1v) is 15.4. The lowest BCUT2D eigenvalue weighted by Crippen LogP contribution is -2.57. The highest BCUT2D eigenvalue weighted by molar-refractivity contribution is 6.36. The second-order valence-electron chi connectivity index (χ2n) is 13.0. The molecule has 3 aromatic heterocycles. The highest BCUT2D eigenvalue weighted by Gasteiger charge is 2.38. The van der Waals surface area contributed by atoms with Gasteiger partial charge in [-0.25, -0.2) is 9.59 Å². The van der Waals surface area contributed by atoms with E-state index in [2.05, 4.69) is 9.97 Å². The molecular formula is C33H37ClN6O5. The van der Waals surface area contributed by atoms with E-state index < -0.39 is 17.4 Å². The van der Waals surface area contributed by atoms with Gasteiger partial charge in [0.05, 0.1) is 33.3 Å². The smallest absolute Gasteiger partial charge is 0.410 e. The molecule has 2 aliphatic heterocycles. The van der Waals surface area contributed by atoms with Crippen molar-refractivity contribution in [3.63, 3.8) is 0 Å². The number of anilines is 1. The monoisotopic (exact) mass is 632 g/mol. The summed E-state index contributed by atoms with van der Waals surface area (Å²) in [6.45, 7) is 12.7. The molecule has 6 rings (SSSR count). The Bertz CT molecular complexity index is 1960. The third-order valence-corrected chi connectivity index (χ3v) is 8.60. The summed E-state index contributed by atoms with van der Waals surface area (Å²) in [4.78, 5) is 53.5. The van der Waals surface area contributed by atoms with Gasteiger partial charge in [0, 0.05) is 50.2 Å². The molecular weight excluding hydrogens is 596 g/mol. The Morgan fingerprint density at radius 2 is 1.91 bits per heavy atom. The van der Waals surface area contributed by atoms with Crippen LogP contribution in [0.15, 0.2) is 46.2 Å². The van der Waals surface area contributed by atoms with E-state index in [1.807, 2.05) is 52.5 Å². The molecule has 4 aromatic rings. The van der Waals surface area contributed by atoms with Gasteiger partial charge in [0.25, 0.3) is 5.56 Å². The van der Waals surface area contributed by atoms with Crippen molar-refractivity contribution in [3.05, 3.63) is 73.8 Å². The number of pyridine rings is 2. The number of carbonyl (C=O) groups excluding carboxylic acids is 1. The van der Waals surface area contributed by atoms with Gasteiger partial charge in [-0.2, -0.15) is 4.98 Å². The van der Waals surface area contributed by atoms with Crippen LogP contribution in [0.3, 0.4) is 0 Å². The number of rotatable bonds is 3. The van der Waals surface area contributed by atoms with Crippen molar-refractivity contribution in [1.29, 1.82) is 0 Å². The second kappa shape index (κ2) is 11.2. The Morgan fingerprint density at radius 3 is 2.62 bits per heavy atom. The third-order valence-electron chi connectivity index (χ3n) is 8.22. The summed E-state index contributed by atoms with van der Waals surface area (Å²) in [5.41, 5.74) is 2.15. The molecule has 236 valence electrons. The maximum atomic E-state index is 14.2. The summed E-state index contributed by atoms with van der Waals surface area (Å²) in [5, 5.41) is 0.803. The fraction of sp³-hybridized carbons (Fsp3) is 0.424. The number of piperazine rings is 1. The lowest BCUT2D eigenvalue weighted by atomic mass is 10.0. The van der Waals surface area contributed by atoms with Gasteiger partial charge in [0.1, 0.15) is 18.0 Å². The molecule has 1 atom stereocenters. The number of hydrogen-bond donors (Lipinski definition) is 0. The number of carbonyl (C=O) groups is 1. The molecule has 0 bridgehead atoms.